The molecular formula is C14H23IO2Si. The van der Waals surface area contributed by atoms with Gasteiger partial charge in [-0.25, -0.2) is 0 Å². The lowest BCUT2D eigenvalue weighted by molar-refractivity contribution is 0.143. The number of halogens is 1. The molecule has 0 saturated carbocycles. The molecule has 0 aliphatic carbocycles. The van der Waals surface area contributed by atoms with Crippen molar-refractivity contribution in [3.63, 3.8) is 0 Å². The van der Waals surface area contributed by atoms with E-state index in [0.717, 1.165) is 16.9 Å². The van der Waals surface area contributed by atoms with Gasteiger partial charge in [-0.05, 0) is 51.1 Å². The fraction of sp³-hybridized carbons (Fsp3) is 0.714. The molecule has 0 radical (unpaired) electrons. The van der Waals surface area contributed by atoms with Crippen LogP contribution >= 0.6 is 22.6 Å². The molecule has 0 aromatic carbocycles. The Balaban J connectivity index is 5.15. The summed E-state index contributed by atoms with van der Waals surface area (Å²) in [6.07, 6.45) is 1.07. The maximum Gasteiger partial charge on any atom is 0.214 e. The maximum absolute atomic E-state index is 9.68. The van der Waals surface area contributed by atoms with E-state index in [-0.39, 0.29) is 0 Å². The van der Waals surface area contributed by atoms with Crippen molar-refractivity contribution in [2.24, 2.45) is 0 Å². The summed E-state index contributed by atoms with van der Waals surface area (Å²) in [4.78, 5) is 0. The molecular weight excluding hydrogens is 355 g/mol. The third kappa shape index (κ3) is 9.96. The second kappa shape index (κ2) is 6.95. The van der Waals surface area contributed by atoms with Crippen LogP contribution in [0, 0.1) is 22.9 Å². The summed E-state index contributed by atoms with van der Waals surface area (Å²) in [6, 6.07) is 0.974. The van der Waals surface area contributed by atoms with Crippen molar-refractivity contribution in [1.29, 1.82) is 0 Å². The fourth-order valence-electron chi connectivity index (χ4n) is 1.16. The molecule has 0 aromatic heterocycles. The topological polar surface area (TPSA) is 40.5 Å². The van der Waals surface area contributed by atoms with Crippen molar-refractivity contribution in [3.8, 4) is 22.9 Å². The van der Waals surface area contributed by atoms with Gasteiger partial charge >= 0.3 is 0 Å². The molecule has 0 spiro atoms. The van der Waals surface area contributed by atoms with Crippen molar-refractivity contribution in [3.05, 3.63) is 0 Å². The Kier molecular flexibility index (Phi) is 6.95. The fourth-order valence-corrected chi connectivity index (χ4v) is 4.62. The first-order chi connectivity index (χ1) is 7.97. The summed E-state index contributed by atoms with van der Waals surface area (Å²) in [5, 5.41) is 19.4. The normalized spacial score (nSPS) is 12.2. The molecule has 0 amide bonds. The first-order valence-electron chi connectivity index (χ1n) is 6.07. The summed E-state index contributed by atoms with van der Waals surface area (Å²) < 4.78 is 1.08. The molecule has 102 valence electrons. The Labute approximate surface area is 126 Å². The highest BCUT2D eigenvalue weighted by molar-refractivity contribution is 14.1. The van der Waals surface area contributed by atoms with Crippen LogP contribution in [0.3, 0.4) is 0 Å². The number of hydrogen-bond acceptors (Lipinski definition) is 2. The Morgan fingerprint density at radius 3 is 1.67 bits per heavy atom. The first kappa shape index (κ1) is 18.0. The maximum atomic E-state index is 9.68. The average molecular weight is 378 g/mol. The highest BCUT2D eigenvalue weighted by Gasteiger charge is 2.24. The van der Waals surface area contributed by atoms with Crippen LogP contribution in [-0.2, 0) is 0 Å². The lowest BCUT2D eigenvalue weighted by Crippen LogP contribution is -2.30. The largest absolute Gasteiger partial charge is 0.378 e. The third-order valence-electron chi connectivity index (χ3n) is 2.10. The van der Waals surface area contributed by atoms with Gasteiger partial charge in [0.2, 0.25) is 8.07 Å². The van der Waals surface area contributed by atoms with E-state index in [0.29, 0.717) is 0 Å². The highest BCUT2D eigenvalue weighted by Crippen LogP contribution is 2.13. The smallest absolute Gasteiger partial charge is 0.214 e. The molecule has 2 N–H and O–H groups in total. The molecule has 0 saturated heterocycles. The molecule has 0 rings (SSSR count). The minimum Gasteiger partial charge on any atom is -0.378 e. The van der Waals surface area contributed by atoms with Crippen LogP contribution in [0.4, 0.5) is 0 Å². The second-order valence-electron chi connectivity index (χ2n) is 5.74. The minimum absolute atomic E-state index is 0.974. The van der Waals surface area contributed by atoms with E-state index in [4.69, 9.17) is 0 Å². The zero-order chi connectivity index (χ0) is 14.4. The van der Waals surface area contributed by atoms with Gasteiger partial charge in [0.05, 0.1) is 0 Å². The van der Waals surface area contributed by atoms with E-state index in [1.165, 1.54) is 0 Å². The molecule has 0 fully saturated rings. The molecule has 0 bridgehead atoms. The van der Waals surface area contributed by atoms with Gasteiger partial charge in [0.25, 0.3) is 0 Å². The summed E-state index contributed by atoms with van der Waals surface area (Å²) in [7, 11) is -2.04. The van der Waals surface area contributed by atoms with Gasteiger partial charge in [-0.3, -0.25) is 0 Å². The number of rotatable bonds is 3. The summed E-state index contributed by atoms with van der Waals surface area (Å²) >= 11 is 2.34. The van der Waals surface area contributed by atoms with Crippen LogP contribution in [0.5, 0.6) is 0 Å². The number of aliphatic hydroxyl groups is 2. The Bertz CT molecular complexity index is 350. The average Bonchev–Trinajstić information content (AvgIpc) is 2.19. The minimum atomic E-state index is -2.04. The molecule has 0 aromatic rings. The van der Waals surface area contributed by atoms with E-state index in [2.05, 4.69) is 52.1 Å². The van der Waals surface area contributed by atoms with Crippen LogP contribution in [-0.4, -0.2) is 33.9 Å². The van der Waals surface area contributed by atoms with E-state index in [1.54, 1.807) is 27.7 Å². The molecule has 0 aliphatic heterocycles. The van der Waals surface area contributed by atoms with Crippen molar-refractivity contribution in [1.82, 2.24) is 0 Å². The monoisotopic (exact) mass is 378 g/mol. The van der Waals surface area contributed by atoms with Crippen LogP contribution in [0.15, 0.2) is 0 Å². The Hall–Kier alpha value is -0.0131. The quantitative estimate of drug-likeness (QED) is 0.343. The van der Waals surface area contributed by atoms with Crippen LogP contribution in [0.25, 0.3) is 0 Å². The molecule has 18 heavy (non-hydrogen) atoms. The van der Waals surface area contributed by atoms with Gasteiger partial charge in [0.15, 0.2) is 0 Å². The van der Waals surface area contributed by atoms with E-state index < -0.39 is 19.3 Å². The summed E-state index contributed by atoms with van der Waals surface area (Å²) in [5.74, 6) is 5.78. The van der Waals surface area contributed by atoms with Crippen molar-refractivity contribution in [2.45, 2.75) is 57.9 Å². The number of alkyl halides is 1. The highest BCUT2D eigenvalue weighted by atomic mass is 127. The van der Waals surface area contributed by atoms with Gasteiger partial charge in [-0.15, -0.1) is 11.1 Å². The molecule has 0 unspecified atom stereocenters. The number of hydrogen-bond donors (Lipinski definition) is 2. The van der Waals surface area contributed by atoms with Crippen LogP contribution in [0.1, 0.15) is 34.1 Å². The van der Waals surface area contributed by atoms with Crippen LogP contribution < -0.4 is 0 Å². The third-order valence-corrected chi connectivity index (χ3v) is 5.57. The zero-order valence-corrected chi connectivity index (χ0v) is 15.1. The first-order valence-corrected chi connectivity index (χ1v) is 10.3. The van der Waals surface area contributed by atoms with Crippen molar-refractivity contribution < 1.29 is 10.2 Å². The van der Waals surface area contributed by atoms with E-state index in [1.807, 2.05) is 0 Å². The van der Waals surface area contributed by atoms with Gasteiger partial charge in [0, 0.05) is 0 Å². The van der Waals surface area contributed by atoms with E-state index >= 15 is 0 Å². The molecule has 4 heteroatoms. The molecule has 2 nitrogen and oxygen atoms in total. The lowest BCUT2D eigenvalue weighted by atomic mass is 10.2. The Morgan fingerprint density at radius 2 is 1.39 bits per heavy atom. The second-order valence-corrected chi connectivity index (χ2v) is 10.5. The van der Waals surface area contributed by atoms with Crippen molar-refractivity contribution in [2.75, 3.05) is 4.43 Å². The Morgan fingerprint density at radius 1 is 1.00 bits per heavy atom. The predicted molar refractivity (Wildman–Crippen MR) is 88.1 cm³/mol. The lowest BCUT2D eigenvalue weighted by Gasteiger charge is -2.16. The molecule has 0 heterocycles. The van der Waals surface area contributed by atoms with Crippen LogP contribution in [0.2, 0.25) is 12.6 Å². The standard InChI is InChI=1S/C14H23IO2Si/c1-13(2,16)7-11-18(5,10-6-9-15)12-8-14(3,4)17/h16-17H,6,9-10H2,1-5H3. The predicted octanol–water partition coefficient (Wildman–Crippen LogP) is 2.52. The summed E-state index contributed by atoms with van der Waals surface area (Å²) in [5.41, 5.74) is 4.43. The molecule has 0 aliphatic rings. The molecule has 0 atom stereocenters. The van der Waals surface area contributed by atoms with Gasteiger partial charge in [0.1, 0.15) is 11.2 Å². The zero-order valence-electron chi connectivity index (χ0n) is 11.9. The van der Waals surface area contributed by atoms with Crippen molar-refractivity contribution >= 4 is 30.7 Å². The van der Waals surface area contributed by atoms with Gasteiger partial charge in [-0.2, -0.15) is 0 Å². The SMILES string of the molecule is CC(C)(O)C#C[Si](C)(C#CC(C)(C)O)CCCI. The summed E-state index contributed by atoms with van der Waals surface area (Å²) in [6.45, 7) is 8.80. The van der Waals surface area contributed by atoms with Gasteiger partial charge < -0.3 is 10.2 Å². The van der Waals surface area contributed by atoms with E-state index in [9.17, 15) is 10.2 Å². The van der Waals surface area contributed by atoms with Gasteiger partial charge in [-0.1, -0.05) is 34.4 Å².